The highest BCUT2D eigenvalue weighted by molar-refractivity contribution is 6.30. The third-order valence-electron chi connectivity index (χ3n) is 6.16. The number of aliphatic carboxylic acids is 1. The summed E-state index contributed by atoms with van der Waals surface area (Å²) >= 11 is 6.17. The topological polar surface area (TPSA) is 85.3 Å². The Labute approximate surface area is 215 Å². The average Bonchev–Trinajstić information content (AvgIpc) is 2.87. The molecule has 1 aliphatic heterocycles. The second-order valence-corrected chi connectivity index (χ2v) is 9.05. The van der Waals surface area contributed by atoms with Crippen molar-refractivity contribution in [2.45, 2.75) is 38.8 Å². The lowest BCUT2D eigenvalue weighted by molar-refractivity contribution is -0.139. The van der Waals surface area contributed by atoms with Gasteiger partial charge in [0.2, 0.25) is 5.91 Å². The minimum absolute atomic E-state index is 0.104. The van der Waals surface area contributed by atoms with E-state index in [0.29, 0.717) is 22.3 Å². The Morgan fingerprint density at radius 1 is 1.11 bits per heavy atom. The predicted octanol–water partition coefficient (Wildman–Crippen LogP) is 5.67. The van der Waals surface area contributed by atoms with Crippen LogP contribution in [-0.4, -0.2) is 36.8 Å². The Balaban J connectivity index is 1.88. The summed E-state index contributed by atoms with van der Waals surface area (Å²) in [5.74, 6) is 0.232. The van der Waals surface area contributed by atoms with Gasteiger partial charge in [-0.1, -0.05) is 30.7 Å². The van der Waals surface area contributed by atoms with E-state index in [-0.39, 0.29) is 18.4 Å². The van der Waals surface area contributed by atoms with E-state index in [4.69, 9.17) is 30.9 Å². The van der Waals surface area contributed by atoms with Gasteiger partial charge in [0.05, 0.1) is 25.7 Å². The Morgan fingerprint density at radius 2 is 1.81 bits per heavy atom. The maximum atomic E-state index is 13.6. The lowest BCUT2D eigenvalue weighted by atomic mass is 9.86. The van der Waals surface area contributed by atoms with E-state index in [0.717, 1.165) is 28.8 Å². The molecule has 0 radical (unpaired) electrons. The quantitative estimate of drug-likeness (QED) is 0.400. The fourth-order valence-corrected chi connectivity index (χ4v) is 4.34. The maximum absolute atomic E-state index is 13.6. The van der Waals surface area contributed by atoms with Gasteiger partial charge in [0.1, 0.15) is 5.75 Å². The monoisotopic (exact) mass is 509 g/mol. The van der Waals surface area contributed by atoms with E-state index >= 15 is 0 Å². The molecule has 0 aromatic heterocycles. The van der Waals surface area contributed by atoms with Gasteiger partial charge in [0.15, 0.2) is 18.1 Å². The van der Waals surface area contributed by atoms with Gasteiger partial charge in [0, 0.05) is 10.7 Å². The third kappa shape index (κ3) is 5.41. The number of carbonyl (C=O) groups excluding carboxylic acids is 1. The summed E-state index contributed by atoms with van der Waals surface area (Å²) < 4.78 is 17.0. The number of fused-ring (bicyclic) bond motifs is 1. The first-order valence-electron chi connectivity index (χ1n) is 11.7. The second-order valence-electron chi connectivity index (χ2n) is 8.61. The first-order chi connectivity index (χ1) is 17.3. The van der Waals surface area contributed by atoms with Crippen LogP contribution in [0.25, 0.3) is 0 Å². The largest absolute Gasteiger partial charge is 0.497 e. The van der Waals surface area contributed by atoms with E-state index in [9.17, 15) is 9.59 Å². The number of amides is 1. The number of carboxylic acid groups (broad SMARTS) is 1. The number of methoxy groups -OCH3 is 1. The summed E-state index contributed by atoms with van der Waals surface area (Å²) in [6.07, 6.45) is 0.762. The number of benzene rings is 3. The van der Waals surface area contributed by atoms with Crippen LogP contribution in [0.3, 0.4) is 0 Å². The van der Waals surface area contributed by atoms with Gasteiger partial charge < -0.3 is 24.2 Å². The molecular weight excluding hydrogens is 482 g/mol. The number of nitrogens with zero attached hydrogens (tertiary/aromatic N) is 1. The average molecular weight is 510 g/mol. The highest BCUT2D eigenvalue weighted by Crippen LogP contribution is 2.44. The van der Waals surface area contributed by atoms with Gasteiger partial charge in [-0.2, -0.15) is 0 Å². The Morgan fingerprint density at radius 3 is 2.42 bits per heavy atom. The minimum Gasteiger partial charge on any atom is -0.497 e. The summed E-state index contributed by atoms with van der Waals surface area (Å²) in [5.41, 5.74) is 3.22. The number of rotatable bonds is 9. The second kappa shape index (κ2) is 10.9. The van der Waals surface area contributed by atoms with Crippen molar-refractivity contribution in [2.75, 3.05) is 18.6 Å². The van der Waals surface area contributed by atoms with Crippen molar-refractivity contribution in [1.82, 2.24) is 0 Å². The predicted molar refractivity (Wildman–Crippen MR) is 137 cm³/mol. The van der Waals surface area contributed by atoms with E-state index < -0.39 is 18.6 Å². The minimum atomic E-state index is -1.09. The van der Waals surface area contributed by atoms with Gasteiger partial charge >= 0.3 is 5.97 Å². The van der Waals surface area contributed by atoms with Crippen molar-refractivity contribution in [1.29, 1.82) is 0 Å². The molecule has 7 nitrogen and oxygen atoms in total. The lowest BCUT2D eigenvalue weighted by Crippen LogP contribution is -2.41. The zero-order chi connectivity index (χ0) is 25.8. The fraction of sp³-hybridized carbons (Fsp3) is 0.286. The van der Waals surface area contributed by atoms with E-state index in [2.05, 4.69) is 0 Å². The summed E-state index contributed by atoms with van der Waals surface area (Å²) in [4.78, 5) is 26.5. The molecule has 1 amide bonds. The molecule has 1 unspecified atom stereocenters. The number of ether oxygens (including phenoxy) is 3. The summed E-state index contributed by atoms with van der Waals surface area (Å²) in [7, 11) is 1.59. The summed E-state index contributed by atoms with van der Waals surface area (Å²) in [5, 5.41) is 9.73. The van der Waals surface area contributed by atoms with Crippen LogP contribution in [0.1, 0.15) is 43.0 Å². The van der Waals surface area contributed by atoms with Gasteiger partial charge in [-0.15, -0.1) is 0 Å². The van der Waals surface area contributed by atoms with Crippen molar-refractivity contribution in [3.05, 3.63) is 82.4 Å². The molecule has 188 valence electrons. The molecule has 0 aliphatic carbocycles. The molecule has 0 saturated heterocycles. The molecule has 0 bridgehead atoms. The smallest absolute Gasteiger partial charge is 0.341 e. The van der Waals surface area contributed by atoms with Crippen LogP contribution in [0.2, 0.25) is 5.02 Å². The van der Waals surface area contributed by atoms with Crippen LogP contribution in [0.4, 0.5) is 5.69 Å². The fourth-order valence-electron chi connectivity index (χ4n) is 4.21. The van der Waals surface area contributed by atoms with Crippen LogP contribution < -0.4 is 19.1 Å². The van der Waals surface area contributed by atoms with Gasteiger partial charge in [-0.05, 0) is 78.6 Å². The first kappa shape index (κ1) is 25.4. The molecule has 1 N–H and O–H groups in total. The van der Waals surface area contributed by atoms with Crippen molar-refractivity contribution >= 4 is 29.2 Å². The Bertz CT molecular complexity index is 1240. The highest BCUT2D eigenvalue weighted by atomic mass is 35.5. The zero-order valence-electron chi connectivity index (χ0n) is 20.4. The molecule has 3 aromatic carbocycles. The number of hydrogen-bond acceptors (Lipinski definition) is 5. The van der Waals surface area contributed by atoms with Crippen LogP contribution in [0.15, 0.2) is 60.7 Å². The van der Waals surface area contributed by atoms with Crippen molar-refractivity contribution in [3.63, 3.8) is 0 Å². The van der Waals surface area contributed by atoms with Crippen molar-refractivity contribution in [2.24, 2.45) is 0 Å². The zero-order valence-corrected chi connectivity index (χ0v) is 21.1. The van der Waals surface area contributed by atoms with E-state index in [1.807, 2.05) is 56.3 Å². The van der Waals surface area contributed by atoms with Crippen molar-refractivity contribution in [3.8, 4) is 17.2 Å². The summed E-state index contributed by atoms with van der Waals surface area (Å²) in [6, 6.07) is 17.9. The van der Waals surface area contributed by atoms with Gasteiger partial charge in [0.25, 0.3) is 0 Å². The number of hydrogen-bond donors (Lipinski definition) is 1. The summed E-state index contributed by atoms with van der Waals surface area (Å²) in [6.45, 7) is 3.42. The van der Waals surface area contributed by atoms with Crippen LogP contribution in [-0.2, 0) is 16.0 Å². The van der Waals surface area contributed by atoms with Crippen LogP contribution >= 0.6 is 11.6 Å². The SMILES string of the molecule is CC[C@@H](C)Oc1cc2c(cc1OCC(=O)O)CC(=O)N(c1ccc(OC)cc1)C2c1ccc(Cl)cc1. The number of carbonyl (C=O) groups is 2. The normalized spacial score (nSPS) is 15.7. The number of halogens is 1. The van der Waals surface area contributed by atoms with Crippen LogP contribution in [0, 0.1) is 0 Å². The third-order valence-corrected chi connectivity index (χ3v) is 6.41. The molecule has 36 heavy (non-hydrogen) atoms. The van der Waals surface area contributed by atoms with Gasteiger partial charge in [-0.25, -0.2) is 4.79 Å². The Hall–Kier alpha value is -3.71. The van der Waals surface area contributed by atoms with Crippen LogP contribution in [0.5, 0.6) is 17.2 Å². The molecule has 3 aromatic rings. The Kier molecular flexibility index (Phi) is 7.70. The first-order valence-corrected chi connectivity index (χ1v) is 12.1. The highest BCUT2D eigenvalue weighted by Gasteiger charge is 2.36. The van der Waals surface area contributed by atoms with Gasteiger partial charge in [-0.3, -0.25) is 4.79 Å². The lowest BCUT2D eigenvalue weighted by Gasteiger charge is -2.38. The molecule has 0 saturated carbocycles. The van der Waals surface area contributed by atoms with E-state index in [1.165, 1.54) is 0 Å². The standard InChI is InChI=1S/C28H28ClNO6/c1-4-17(2)36-25-15-23-19(13-24(25)35-16-27(32)33)14-26(31)30(21-9-11-22(34-3)12-10-21)28(23)18-5-7-20(29)8-6-18/h5-13,15,17,28H,4,14,16H2,1-3H3,(H,32,33)/t17-,28?/m1/s1. The number of anilines is 1. The number of carboxylic acids is 1. The molecule has 8 heteroatoms. The molecule has 0 spiro atoms. The van der Waals surface area contributed by atoms with E-state index in [1.54, 1.807) is 30.2 Å². The molecular formula is C28H28ClNO6. The molecule has 1 aliphatic rings. The molecule has 4 rings (SSSR count). The molecule has 2 atom stereocenters. The molecule has 1 heterocycles. The van der Waals surface area contributed by atoms with Crippen molar-refractivity contribution < 1.29 is 28.9 Å². The maximum Gasteiger partial charge on any atom is 0.341 e. The molecule has 0 fully saturated rings.